The number of carbonyl (C=O) groups excluding carboxylic acids is 1. The summed E-state index contributed by atoms with van der Waals surface area (Å²) in [6.45, 7) is 4.12. The molecule has 3 unspecified atom stereocenters. The Balaban J connectivity index is 1.17. The van der Waals surface area contributed by atoms with Crippen molar-refractivity contribution in [3.63, 3.8) is 0 Å². The fourth-order valence-electron chi connectivity index (χ4n) is 5.99. The van der Waals surface area contributed by atoms with Crippen LogP contribution in [0.15, 0.2) is 28.8 Å². The van der Waals surface area contributed by atoms with Crippen LogP contribution in [0.4, 0.5) is 0 Å². The number of ether oxygens (including phenoxy) is 2. The van der Waals surface area contributed by atoms with Gasteiger partial charge in [-0.2, -0.15) is 0 Å². The number of H-pyrrole nitrogens is 1. The first-order valence-corrected chi connectivity index (χ1v) is 14.2. The van der Waals surface area contributed by atoms with Crippen LogP contribution in [-0.2, 0) is 16.1 Å². The molecular formula is C29H39N5O4. The molecule has 2 fully saturated rings. The minimum atomic E-state index is -0.118. The van der Waals surface area contributed by atoms with Gasteiger partial charge in [-0.25, -0.2) is 5.10 Å². The number of carbonyl (C=O) groups is 1. The van der Waals surface area contributed by atoms with Crippen LogP contribution in [0.1, 0.15) is 101 Å². The Kier molecular flexibility index (Phi) is 8.71. The van der Waals surface area contributed by atoms with E-state index in [9.17, 15) is 4.79 Å². The number of rotatable bonds is 11. The molecule has 0 amide bonds. The summed E-state index contributed by atoms with van der Waals surface area (Å²) >= 11 is 0. The number of aromatic nitrogens is 5. The number of hydrogen-bond acceptors (Lipinski definition) is 8. The molecule has 2 saturated carbocycles. The van der Waals surface area contributed by atoms with Crippen LogP contribution in [0.2, 0.25) is 0 Å². The van der Waals surface area contributed by atoms with Gasteiger partial charge in [-0.05, 0) is 92.5 Å². The Hall–Kier alpha value is -3.23. The van der Waals surface area contributed by atoms with E-state index in [0.717, 1.165) is 79.3 Å². The van der Waals surface area contributed by atoms with Gasteiger partial charge in [0.05, 0.1) is 23.3 Å². The fourth-order valence-corrected chi connectivity index (χ4v) is 5.99. The molecule has 3 atom stereocenters. The van der Waals surface area contributed by atoms with Crippen molar-refractivity contribution in [3.05, 3.63) is 41.3 Å². The van der Waals surface area contributed by atoms with Crippen molar-refractivity contribution in [2.45, 2.75) is 103 Å². The standard InChI is InChI=1S/C29H39N5O4/c1-3-21(12-11-20-7-4-5-8-20)29(35)36-18-26-19(2)32-38-27(26)22-13-15-24(16-14-22)37-25-10-6-9-23(17-25)28-30-33-34-31-28/h13-16,20-21,23,25H,3-12,17-18H2,1-2H3,(H,30,31,33,34). The number of esters is 1. The zero-order valence-electron chi connectivity index (χ0n) is 22.5. The van der Waals surface area contributed by atoms with Crippen molar-refractivity contribution >= 4 is 5.97 Å². The maximum atomic E-state index is 12.9. The molecule has 9 nitrogen and oxygen atoms in total. The van der Waals surface area contributed by atoms with E-state index >= 15 is 0 Å². The zero-order chi connectivity index (χ0) is 26.3. The van der Waals surface area contributed by atoms with E-state index in [1.54, 1.807) is 0 Å². The van der Waals surface area contributed by atoms with Crippen LogP contribution in [0.3, 0.4) is 0 Å². The third kappa shape index (κ3) is 6.42. The Morgan fingerprint density at radius 2 is 1.95 bits per heavy atom. The summed E-state index contributed by atoms with van der Waals surface area (Å²) in [6.07, 6.45) is 12.3. The molecule has 5 rings (SSSR count). The fraction of sp³-hybridized carbons (Fsp3) is 0.621. The summed E-state index contributed by atoms with van der Waals surface area (Å²) < 4.78 is 17.7. The number of benzene rings is 1. The van der Waals surface area contributed by atoms with Crippen molar-refractivity contribution < 1.29 is 18.8 Å². The van der Waals surface area contributed by atoms with Crippen LogP contribution in [-0.4, -0.2) is 37.9 Å². The van der Waals surface area contributed by atoms with Crippen LogP contribution in [0.5, 0.6) is 5.75 Å². The number of hydrogen-bond donors (Lipinski definition) is 1. The molecule has 0 spiro atoms. The molecule has 38 heavy (non-hydrogen) atoms. The van der Waals surface area contributed by atoms with E-state index in [2.05, 4.69) is 32.7 Å². The number of tetrazole rings is 1. The third-order valence-electron chi connectivity index (χ3n) is 8.36. The molecule has 0 aliphatic heterocycles. The summed E-state index contributed by atoms with van der Waals surface area (Å²) in [6, 6.07) is 7.85. The van der Waals surface area contributed by atoms with E-state index in [-0.39, 0.29) is 24.6 Å². The van der Waals surface area contributed by atoms with E-state index in [0.29, 0.717) is 11.7 Å². The van der Waals surface area contributed by atoms with Crippen molar-refractivity contribution in [3.8, 4) is 17.1 Å². The molecular weight excluding hydrogens is 482 g/mol. The number of nitrogens with one attached hydrogen (secondary N) is 1. The van der Waals surface area contributed by atoms with Crippen molar-refractivity contribution in [2.75, 3.05) is 0 Å². The van der Waals surface area contributed by atoms with Gasteiger partial charge in [0.1, 0.15) is 12.4 Å². The Morgan fingerprint density at radius 3 is 2.68 bits per heavy atom. The molecule has 1 aromatic carbocycles. The first-order valence-electron chi connectivity index (χ1n) is 14.2. The van der Waals surface area contributed by atoms with Crippen molar-refractivity contribution in [1.29, 1.82) is 0 Å². The first-order chi connectivity index (χ1) is 18.6. The summed E-state index contributed by atoms with van der Waals surface area (Å²) in [7, 11) is 0. The van der Waals surface area contributed by atoms with Gasteiger partial charge >= 0.3 is 5.97 Å². The van der Waals surface area contributed by atoms with Crippen LogP contribution < -0.4 is 4.74 Å². The van der Waals surface area contributed by atoms with Gasteiger partial charge < -0.3 is 14.0 Å². The monoisotopic (exact) mass is 521 g/mol. The SMILES string of the molecule is CCC(CCC1CCCC1)C(=O)OCc1c(C)noc1-c1ccc(OC2CCCC(c3nnn[nH]3)C2)cc1. The molecule has 1 N–H and O–H groups in total. The predicted octanol–water partition coefficient (Wildman–Crippen LogP) is 6.31. The highest BCUT2D eigenvalue weighted by molar-refractivity contribution is 5.72. The number of aryl methyl sites for hydroxylation is 1. The lowest BCUT2D eigenvalue weighted by molar-refractivity contribution is -0.150. The quantitative estimate of drug-likeness (QED) is 0.292. The lowest BCUT2D eigenvalue weighted by Gasteiger charge is -2.28. The van der Waals surface area contributed by atoms with Gasteiger partial charge in [0.15, 0.2) is 11.6 Å². The highest BCUT2D eigenvalue weighted by Gasteiger charge is 2.27. The molecule has 9 heteroatoms. The zero-order valence-corrected chi connectivity index (χ0v) is 22.5. The predicted molar refractivity (Wildman–Crippen MR) is 141 cm³/mol. The summed E-state index contributed by atoms with van der Waals surface area (Å²) in [5, 5.41) is 18.5. The second kappa shape index (κ2) is 12.5. The molecule has 204 valence electrons. The number of aromatic amines is 1. The maximum absolute atomic E-state index is 12.9. The van der Waals surface area contributed by atoms with Gasteiger partial charge in [0.25, 0.3) is 0 Å². The lowest BCUT2D eigenvalue weighted by atomic mass is 9.86. The van der Waals surface area contributed by atoms with E-state index in [4.69, 9.17) is 14.0 Å². The molecule has 2 aromatic heterocycles. The average molecular weight is 522 g/mol. The minimum absolute atomic E-state index is 0.0460. The average Bonchev–Trinajstić information content (AvgIpc) is 3.72. The van der Waals surface area contributed by atoms with Crippen molar-refractivity contribution in [1.82, 2.24) is 25.8 Å². The second-order valence-corrected chi connectivity index (χ2v) is 10.9. The molecule has 3 aromatic rings. The lowest BCUT2D eigenvalue weighted by Crippen LogP contribution is -2.25. The van der Waals surface area contributed by atoms with Gasteiger partial charge in [0, 0.05) is 11.5 Å². The molecule has 2 aliphatic rings. The van der Waals surface area contributed by atoms with E-state index in [1.165, 1.54) is 25.7 Å². The topological polar surface area (TPSA) is 116 Å². The minimum Gasteiger partial charge on any atom is -0.490 e. The third-order valence-corrected chi connectivity index (χ3v) is 8.36. The van der Waals surface area contributed by atoms with E-state index in [1.807, 2.05) is 31.2 Å². The van der Waals surface area contributed by atoms with E-state index < -0.39 is 0 Å². The van der Waals surface area contributed by atoms with Gasteiger partial charge in [-0.3, -0.25) is 4.79 Å². The second-order valence-electron chi connectivity index (χ2n) is 10.9. The number of nitrogens with zero attached hydrogens (tertiary/aromatic N) is 4. The summed E-state index contributed by atoms with van der Waals surface area (Å²) in [4.78, 5) is 12.9. The maximum Gasteiger partial charge on any atom is 0.309 e. The van der Waals surface area contributed by atoms with Crippen LogP contribution in [0.25, 0.3) is 11.3 Å². The molecule has 0 saturated heterocycles. The van der Waals surface area contributed by atoms with Gasteiger partial charge in [0.2, 0.25) is 0 Å². The molecule has 0 radical (unpaired) electrons. The Bertz CT molecular complexity index is 1150. The molecule has 2 heterocycles. The van der Waals surface area contributed by atoms with Gasteiger partial charge in [-0.1, -0.05) is 37.8 Å². The molecule has 0 bridgehead atoms. The smallest absolute Gasteiger partial charge is 0.309 e. The van der Waals surface area contributed by atoms with Crippen molar-refractivity contribution in [2.24, 2.45) is 11.8 Å². The largest absolute Gasteiger partial charge is 0.490 e. The van der Waals surface area contributed by atoms with Crippen LogP contribution >= 0.6 is 0 Å². The highest BCUT2D eigenvalue weighted by Crippen LogP contribution is 2.34. The highest BCUT2D eigenvalue weighted by atomic mass is 16.5. The first kappa shape index (κ1) is 26.4. The summed E-state index contributed by atoms with van der Waals surface area (Å²) in [5.74, 6) is 3.19. The molecule has 2 aliphatic carbocycles. The summed E-state index contributed by atoms with van der Waals surface area (Å²) in [5.41, 5.74) is 2.43. The Labute approximate surface area is 224 Å². The van der Waals surface area contributed by atoms with Crippen LogP contribution in [0, 0.1) is 18.8 Å². The van der Waals surface area contributed by atoms with Gasteiger partial charge in [-0.15, -0.1) is 5.10 Å². The normalized spacial score (nSPS) is 20.9. The Morgan fingerprint density at radius 1 is 1.13 bits per heavy atom.